The standard InChI is InChI=1S/C44H88NO8P/c1-6-8-10-12-14-16-18-20-22-24-26-28-30-32-34-36-43(46)50-40-42(41-52-54(48,49)51-39-38-45(3,4)5)53-44(47)37-35-33-31-29-27-25-23-21-19-17-15-13-11-9-7-2/h42H,6-41H2,1-5H3/p+1/t42-/m1/s1/i38D2,39D2. The number of carbonyl (C=O) groups excluding carboxylic acids is 2. The molecule has 0 saturated heterocycles. The number of unbranched alkanes of at least 4 members (excludes halogenated alkanes) is 28. The van der Waals surface area contributed by atoms with Gasteiger partial charge in [0, 0.05) is 12.8 Å². The van der Waals surface area contributed by atoms with Crippen LogP contribution in [0.5, 0.6) is 0 Å². The van der Waals surface area contributed by atoms with E-state index in [1.165, 1.54) is 162 Å². The fourth-order valence-corrected chi connectivity index (χ4v) is 6.88. The molecule has 0 spiro atoms. The van der Waals surface area contributed by atoms with Crippen molar-refractivity contribution in [2.45, 2.75) is 225 Å². The molecule has 0 aliphatic rings. The van der Waals surface area contributed by atoms with Gasteiger partial charge in [-0.2, -0.15) is 0 Å². The number of likely N-dealkylation sites (N-methyl/N-ethyl adjacent to an activating group) is 1. The quantitative estimate of drug-likeness (QED) is 0.0282. The molecule has 0 amide bonds. The maximum atomic E-state index is 12.8. The molecule has 1 N–H and O–H groups in total. The number of hydrogen-bond donors (Lipinski definition) is 1. The first-order valence-electron chi connectivity index (χ1n) is 24.3. The average molecular weight is 795 g/mol. The lowest BCUT2D eigenvalue weighted by Crippen LogP contribution is -2.37. The summed E-state index contributed by atoms with van der Waals surface area (Å²) < 4.78 is 65.2. The van der Waals surface area contributed by atoms with E-state index in [0.717, 1.165) is 38.5 Å². The van der Waals surface area contributed by atoms with Crippen LogP contribution < -0.4 is 0 Å². The molecule has 0 heterocycles. The fourth-order valence-electron chi connectivity index (χ4n) is 6.32. The van der Waals surface area contributed by atoms with Gasteiger partial charge in [-0.15, -0.1) is 0 Å². The molecule has 2 atom stereocenters. The van der Waals surface area contributed by atoms with Crippen molar-refractivity contribution in [1.29, 1.82) is 0 Å². The maximum Gasteiger partial charge on any atom is 0.472 e. The first-order valence-corrected chi connectivity index (χ1v) is 23.8. The molecule has 54 heavy (non-hydrogen) atoms. The predicted octanol–water partition coefficient (Wildman–Crippen LogP) is 12.8. The topological polar surface area (TPSA) is 108 Å². The third kappa shape index (κ3) is 40.7. The van der Waals surface area contributed by atoms with Crippen molar-refractivity contribution in [3.05, 3.63) is 0 Å². The summed E-state index contributed by atoms with van der Waals surface area (Å²) in [6.45, 7) is -2.57. The molecule has 0 rings (SSSR count). The Morgan fingerprint density at radius 3 is 1.22 bits per heavy atom. The van der Waals surface area contributed by atoms with E-state index in [-0.39, 0.29) is 12.8 Å². The number of hydrogen-bond acceptors (Lipinski definition) is 7. The molecule has 0 aromatic carbocycles. The van der Waals surface area contributed by atoms with Gasteiger partial charge in [0.25, 0.3) is 0 Å². The first-order chi connectivity index (χ1) is 27.5. The van der Waals surface area contributed by atoms with Gasteiger partial charge in [0.05, 0.1) is 33.2 Å². The molecule has 0 aromatic rings. The Morgan fingerprint density at radius 2 is 0.870 bits per heavy atom. The molecule has 0 aliphatic heterocycles. The van der Waals surface area contributed by atoms with Crippen LogP contribution in [0.25, 0.3) is 0 Å². The van der Waals surface area contributed by atoms with Gasteiger partial charge in [0.2, 0.25) is 0 Å². The van der Waals surface area contributed by atoms with Crippen LogP contribution in [0.2, 0.25) is 0 Å². The summed E-state index contributed by atoms with van der Waals surface area (Å²) in [5.41, 5.74) is 0. The van der Waals surface area contributed by atoms with Crippen LogP contribution in [0.1, 0.15) is 225 Å². The van der Waals surface area contributed by atoms with Crippen LogP contribution in [0, 0.1) is 0 Å². The lowest BCUT2D eigenvalue weighted by Gasteiger charge is -2.24. The normalized spacial score (nSPS) is 15.1. The monoisotopic (exact) mass is 795 g/mol. The van der Waals surface area contributed by atoms with E-state index in [1.54, 1.807) is 0 Å². The van der Waals surface area contributed by atoms with Crippen molar-refractivity contribution in [3.8, 4) is 0 Å². The van der Waals surface area contributed by atoms with Crippen molar-refractivity contribution < 1.29 is 47.5 Å². The molecule has 0 aliphatic carbocycles. The summed E-state index contributed by atoms with van der Waals surface area (Å²) in [5, 5.41) is 0. The highest BCUT2D eigenvalue weighted by Crippen LogP contribution is 2.43. The summed E-state index contributed by atoms with van der Waals surface area (Å²) in [6.07, 6.45) is 35.3. The Balaban J connectivity index is 4.65. The van der Waals surface area contributed by atoms with Gasteiger partial charge in [-0.25, -0.2) is 4.57 Å². The molecule has 0 aromatic heterocycles. The summed E-state index contributed by atoms with van der Waals surface area (Å²) in [7, 11) is -1.04. The van der Waals surface area contributed by atoms with Crippen LogP contribution in [-0.4, -0.2) is 74.8 Å². The van der Waals surface area contributed by atoms with Crippen molar-refractivity contribution in [1.82, 2.24) is 0 Å². The molecule has 9 nitrogen and oxygen atoms in total. The number of carbonyl (C=O) groups is 2. The van der Waals surface area contributed by atoms with Crippen LogP contribution in [0.15, 0.2) is 0 Å². The highest BCUT2D eigenvalue weighted by molar-refractivity contribution is 7.47. The second-order valence-corrected chi connectivity index (χ2v) is 17.7. The molecule has 0 fully saturated rings. The van der Waals surface area contributed by atoms with Gasteiger partial charge < -0.3 is 18.9 Å². The largest absolute Gasteiger partial charge is 0.472 e. The van der Waals surface area contributed by atoms with E-state index in [1.807, 2.05) is 0 Å². The highest BCUT2D eigenvalue weighted by Gasteiger charge is 2.27. The molecule has 0 saturated carbocycles. The Labute approximate surface area is 339 Å². The van der Waals surface area contributed by atoms with Crippen molar-refractivity contribution in [2.75, 3.05) is 47.4 Å². The third-order valence-corrected chi connectivity index (χ3v) is 10.5. The zero-order chi connectivity index (χ0) is 43.6. The summed E-state index contributed by atoms with van der Waals surface area (Å²) >= 11 is 0. The van der Waals surface area contributed by atoms with Crippen LogP contribution in [-0.2, 0) is 32.7 Å². The van der Waals surface area contributed by atoms with Gasteiger partial charge in [-0.05, 0) is 12.8 Å². The second-order valence-electron chi connectivity index (χ2n) is 16.3. The van der Waals surface area contributed by atoms with Crippen molar-refractivity contribution in [2.24, 2.45) is 0 Å². The van der Waals surface area contributed by atoms with Gasteiger partial charge in [0.1, 0.15) is 19.7 Å². The minimum absolute atomic E-state index is 0.126. The summed E-state index contributed by atoms with van der Waals surface area (Å²) in [6, 6.07) is 0. The van der Waals surface area contributed by atoms with Crippen LogP contribution in [0.4, 0.5) is 0 Å². The number of phosphoric ester groups is 1. The number of esters is 2. The lowest BCUT2D eigenvalue weighted by molar-refractivity contribution is -0.870. The number of rotatable bonds is 42. The lowest BCUT2D eigenvalue weighted by atomic mass is 10.0. The smallest absolute Gasteiger partial charge is 0.462 e. The Morgan fingerprint density at radius 1 is 0.537 bits per heavy atom. The van der Waals surface area contributed by atoms with Gasteiger partial charge in [-0.1, -0.05) is 194 Å². The Bertz CT molecular complexity index is 1060. The van der Waals surface area contributed by atoms with E-state index < -0.39 is 56.6 Å². The second kappa shape index (κ2) is 37.6. The third-order valence-electron chi connectivity index (χ3n) is 9.66. The molecular formula is C44H89NO8P+. The number of ether oxygens (including phenoxy) is 2. The van der Waals surface area contributed by atoms with Crippen molar-refractivity contribution in [3.63, 3.8) is 0 Å². The SMILES string of the molecule is [2H]C([2H])(OP(=O)(O)OC[C@@H](COC(=O)CCCCCCCCCCCCCCCCC)OC(=O)CCCCCCCCCCCCCCCCC)C([2H])([2H])[N+](C)(C)C. The first kappa shape index (κ1) is 45.7. The molecule has 322 valence electrons. The zero-order valence-electron chi connectivity index (χ0n) is 39.8. The van der Waals surface area contributed by atoms with Crippen molar-refractivity contribution >= 4 is 19.8 Å². The number of nitrogens with zero attached hydrogens (tertiary/aromatic N) is 1. The number of quaternary nitrogens is 1. The van der Waals surface area contributed by atoms with E-state index in [0.29, 0.717) is 12.8 Å². The summed E-state index contributed by atoms with van der Waals surface area (Å²) in [5.74, 6) is -1.04. The fraction of sp³-hybridized carbons (Fsp3) is 0.955. The number of phosphoric acid groups is 1. The minimum atomic E-state index is -5.18. The van der Waals surface area contributed by atoms with E-state index >= 15 is 0 Å². The van der Waals surface area contributed by atoms with Gasteiger partial charge in [0.15, 0.2) is 6.10 Å². The molecular weight excluding hydrogens is 701 g/mol. The molecule has 0 radical (unpaired) electrons. The van der Waals surface area contributed by atoms with E-state index in [9.17, 15) is 19.0 Å². The van der Waals surface area contributed by atoms with E-state index in [4.69, 9.17) is 19.5 Å². The zero-order valence-corrected chi connectivity index (χ0v) is 36.7. The average Bonchev–Trinajstić information content (AvgIpc) is 3.15. The van der Waals surface area contributed by atoms with Gasteiger partial charge >= 0.3 is 19.8 Å². The Hall–Kier alpha value is -0.990. The van der Waals surface area contributed by atoms with Crippen LogP contribution in [0.3, 0.4) is 0 Å². The summed E-state index contributed by atoms with van der Waals surface area (Å²) in [4.78, 5) is 35.7. The molecule has 1 unspecified atom stereocenters. The van der Waals surface area contributed by atoms with E-state index in [2.05, 4.69) is 18.4 Å². The molecule has 0 bridgehead atoms. The Kier molecular flexibility index (Phi) is 31.8. The predicted molar refractivity (Wildman–Crippen MR) is 225 cm³/mol. The van der Waals surface area contributed by atoms with Crippen LogP contribution >= 0.6 is 7.82 Å². The maximum absolute atomic E-state index is 12.8. The minimum Gasteiger partial charge on any atom is -0.462 e. The van der Waals surface area contributed by atoms with Gasteiger partial charge in [-0.3, -0.25) is 18.6 Å². The highest BCUT2D eigenvalue weighted by atomic mass is 31.2. The molecule has 10 heteroatoms.